The minimum absolute atomic E-state index is 0.674. The van der Waals surface area contributed by atoms with Crippen molar-refractivity contribution in [3.63, 3.8) is 0 Å². The number of imidazole rings is 1. The molecular weight excluding hydrogens is 330 g/mol. The summed E-state index contributed by atoms with van der Waals surface area (Å²) in [5, 5.41) is 6.67. The number of pyridine rings is 1. The molecule has 0 spiro atoms. The molecule has 0 radical (unpaired) electrons. The van der Waals surface area contributed by atoms with Crippen molar-refractivity contribution in [1.82, 2.24) is 30.1 Å². The largest absolute Gasteiger partial charge is 0.385 e. The van der Waals surface area contributed by atoms with Gasteiger partial charge in [0, 0.05) is 65.5 Å². The zero-order valence-electron chi connectivity index (χ0n) is 15.9. The maximum atomic E-state index is 5.08. The van der Waals surface area contributed by atoms with Gasteiger partial charge in [-0.25, -0.2) is 9.97 Å². The van der Waals surface area contributed by atoms with Crippen molar-refractivity contribution >= 4 is 5.96 Å². The highest BCUT2D eigenvalue weighted by Gasteiger charge is 2.03. The number of methoxy groups -OCH3 is 1. The van der Waals surface area contributed by atoms with E-state index in [1.165, 1.54) is 0 Å². The number of likely N-dealkylation sites (N-methyl/N-ethyl adjacent to an activating group) is 1. The van der Waals surface area contributed by atoms with Gasteiger partial charge in [-0.2, -0.15) is 0 Å². The molecule has 2 rings (SSSR count). The summed E-state index contributed by atoms with van der Waals surface area (Å²) >= 11 is 0. The average Bonchev–Trinajstić information content (AvgIpc) is 3.20. The van der Waals surface area contributed by atoms with Crippen LogP contribution in [0.2, 0.25) is 0 Å². The Hall–Kier alpha value is -2.45. The van der Waals surface area contributed by atoms with Gasteiger partial charge >= 0.3 is 0 Å². The number of hydrogen-bond donors (Lipinski definition) is 2. The lowest BCUT2D eigenvalue weighted by Crippen LogP contribution is -2.40. The number of rotatable bonds is 10. The molecule has 26 heavy (non-hydrogen) atoms. The van der Waals surface area contributed by atoms with Crippen LogP contribution in [0.3, 0.4) is 0 Å². The van der Waals surface area contributed by atoms with Gasteiger partial charge in [-0.05, 0) is 31.2 Å². The molecule has 0 aliphatic heterocycles. The molecule has 8 heteroatoms. The molecular formula is C18H29N7O. The van der Waals surface area contributed by atoms with E-state index in [1.54, 1.807) is 32.9 Å². The number of hydrogen-bond acceptors (Lipinski definition) is 5. The van der Waals surface area contributed by atoms with Crippen LogP contribution in [-0.2, 0) is 11.3 Å². The van der Waals surface area contributed by atoms with Gasteiger partial charge in [0.1, 0.15) is 12.1 Å². The van der Waals surface area contributed by atoms with Crippen LogP contribution in [0.15, 0.2) is 42.0 Å². The fourth-order valence-electron chi connectivity index (χ4n) is 2.47. The lowest BCUT2D eigenvalue weighted by atomic mass is 10.2. The number of ether oxygens (including phenoxy) is 1. The highest BCUT2D eigenvalue weighted by molar-refractivity contribution is 5.79. The Morgan fingerprint density at radius 1 is 1.31 bits per heavy atom. The first kappa shape index (κ1) is 19.9. The molecule has 0 aromatic carbocycles. The summed E-state index contributed by atoms with van der Waals surface area (Å²) < 4.78 is 6.96. The molecule has 2 N–H and O–H groups in total. The van der Waals surface area contributed by atoms with Crippen LogP contribution >= 0.6 is 0 Å². The van der Waals surface area contributed by atoms with Gasteiger partial charge in [-0.3, -0.25) is 9.56 Å². The summed E-state index contributed by atoms with van der Waals surface area (Å²) in [5.41, 5.74) is 1.13. The minimum Gasteiger partial charge on any atom is -0.385 e. The maximum Gasteiger partial charge on any atom is 0.191 e. The first-order valence-electron chi connectivity index (χ1n) is 8.78. The Labute approximate surface area is 155 Å². The van der Waals surface area contributed by atoms with Crippen LogP contribution < -0.4 is 10.6 Å². The van der Waals surface area contributed by atoms with Gasteiger partial charge < -0.3 is 20.3 Å². The summed E-state index contributed by atoms with van der Waals surface area (Å²) in [6, 6.07) is 4.02. The highest BCUT2D eigenvalue weighted by atomic mass is 16.5. The van der Waals surface area contributed by atoms with Crippen molar-refractivity contribution in [3.8, 4) is 5.82 Å². The van der Waals surface area contributed by atoms with Gasteiger partial charge in [0.25, 0.3) is 0 Å². The SMILES string of the molecule is CN=C(NCCN(C)CCCOC)NCc1ccnc(-n2ccnc2)c1. The molecule has 0 aliphatic carbocycles. The summed E-state index contributed by atoms with van der Waals surface area (Å²) in [7, 11) is 5.63. The zero-order valence-corrected chi connectivity index (χ0v) is 15.9. The molecule has 0 bridgehead atoms. The van der Waals surface area contributed by atoms with Crippen molar-refractivity contribution in [2.45, 2.75) is 13.0 Å². The van der Waals surface area contributed by atoms with Crippen molar-refractivity contribution in [2.24, 2.45) is 4.99 Å². The lowest BCUT2D eigenvalue weighted by Gasteiger charge is -2.18. The molecule has 2 heterocycles. The predicted molar refractivity (Wildman–Crippen MR) is 104 cm³/mol. The molecule has 8 nitrogen and oxygen atoms in total. The Morgan fingerprint density at radius 3 is 2.92 bits per heavy atom. The molecule has 2 aromatic heterocycles. The fourth-order valence-corrected chi connectivity index (χ4v) is 2.47. The number of nitrogens with one attached hydrogen (secondary N) is 2. The van der Waals surface area contributed by atoms with Gasteiger partial charge in [0.05, 0.1) is 0 Å². The van der Waals surface area contributed by atoms with Crippen LogP contribution in [0.4, 0.5) is 0 Å². The molecule has 0 saturated heterocycles. The Bertz CT molecular complexity index is 657. The second-order valence-electron chi connectivity index (χ2n) is 5.99. The monoisotopic (exact) mass is 359 g/mol. The van der Waals surface area contributed by atoms with Crippen molar-refractivity contribution < 1.29 is 4.74 Å². The first-order valence-corrected chi connectivity index (χ1v) is 8.78. The summed E-state index contributed by atoms with van der Waals surface area (Å²) in [4.78, 5) is 15.0. The normalized spacial score (nSPS) is 11.8. The molecule has 0 atom stereocenters. The van der Waals surface area contributed by atoms with E-state index in [-0.39, 0.29) is 0 Å². The highest BCUT2D eigenvalue weighted by Crippen LogP contribution is 2.06. The smallest absolute Gasteiger partial charge is 0.191 e. The van der Waals surface area contributed by atoms with Gasteiger partial charge in [-0.15, -0.1) is 0 Å². The summed E-state index contributed by atoms with van der Waals surface area (Å²) in [6.07, 6.45) is 8.20. The zero-order chi connectivity index (χ0) is 18.6. The van der Waals surface area contributed by atoms with Gasteiger partial charge in [-0.1, -0.05) is 0 Å². The third kappa shape index (κ3) is 6.81. The maximum absolute atomic E-state index is 5.08. The molecule has 0 unspecified atom stereocenters. The number of nitrogens with zero attached hydrogens (tertiary/aromatic N) is 5. The third-order valence-electron chi connectivity index (χ3n) is 3.94. The second kappa shape index (κ2) is 11.2. The lowest BCUT2D eigenvalue weighted by molar-refractivity contribution is 0.180. The van der Waals surface area contributed by atoms with E-state index in [1.807, 2.05) is 22.9 Å². The Kier molecular flexibility index (Phi) is 8.57. The van der Waals surface area contributed by atoms with Crippen molar-refractivity contribution in [2.75, 3.05) is 47.4 Å². The predicted octanol–water partition coefficient (Wildman–Crippen LogP) is 0.901. The van der Waals surface area contributed by atoms with E-state index >= 15 is 0 Å². The van der Waals surface area contributed by atoms with Crippen molar-refractivity contribution in [1.29, 1.82) is 0 Å². The minimum atomic E-state index is 0.674. The van der Waals surface area contributed by atoms with Crippen LogP contribution in [-0.4, -0.2) is 72.8 Å². The number of aliphatic imine (C=N–C) groups is 1. The van der Waals surface area contributed by atoms with E-state index in [2.05, 4.69) is 37.5 Å². The first-order chi connectivity index (χ1) is 12.7. The second-order valence-corrected chi connectivity index (χ2v) is 5.99. The van der Waals surface area contributed by atoms with E-state index < -0.39 is 0 Å². The molecule has 0 amide bonds. The number of aromatic nitrogens is 3. The fraction of sp³-hybridized carbons (Fsp3) is 0.500. The molecule has 0 fully saturated rings. The summed E-state index contributed by atoms with van der Waals surface area (Å²) in [6.45, 7) is 4.28. The molecule has 0 aliphatic rings. The standard InChI is InChI=1S/C18H29N7O/c1-19-18(22-8-10-24(2)9-4-12-26-3)23-14-16-5-6-21-17(13-16)25-11-7-20-15-25/h5-7,11,13,15H,4,8-10,12,14H2,1-3H3,(H2,19,22,23). The number of guanidine groups is 1. The Balaban J connectivity index is 1.74. The Morgan fingerprint density at radius 2 is 2.19 bits per heavy atom. The molecule has 142 valence electrons. The van der Waals surface area contributed by atoms with E-state index in [4.69, 9.17) is 4.74 Å². The average molecular weight is 359 g/mol. The van der Waals surface area contributed by atoms with Crippen LogP contribution in [0, 0.1) is 0 Å². The van der Waals surface area contributed by atoms with Crippen molar-refractivity contribution in [3.05, 3.63) is 42.6 Å². The van der Waals surface area contributed by atoms with Gasteiger partial charge in [0.2, 0.25) is 0 Å². The van der Waals surface area contributed by atoms with Crippen LogP contribution in [0.5, 0.6) is 0 Å². The van der Waals surface area contributed by atoms with Crippen LogP contribution in [0.25, 0.3) is 5.82 Å². The topological polar surface area (TPSA) is 79.6 Å². The third-order valence-corrected chi connectivity index (χ3v) is 3.94. The van der Waals surface area contributed by atoms with E-state index in [0.29, 0.717) is 6.54 Å². The summed E-state index contributed by atoms with van der Waals surface area (Å²) in [5.74, 6) is 1.64. The van der Waals surface area contributed by atoms with E-state index in [9.17, 15) is 0 Å². The van der Waals surface area contributed by atoms with E-state index in [0.717, 1.165) is 50.0 Å². The molecule has 0 saturated carbocycles. The van der Waals surface area contributed by atoms with Crippen LogP contribution in [0.1, 0.15) is 12.0 Å². The molecule has 2 aromatic rings. The quantitative estimate of drug-likeness (QED) is 0.373. The van der Waals surface area contributed by atoms with Gasteiger partial charge in [0.15, 0.2) is 5.96 Å².